The van der Waals surface area contributed by atoms with Crippen LogP contribution in [0.5, 0.6) is 0 Å². The van der Waals surface area contributed by atoms with Crippen molar-refractivity contribution in [3.8, 4) is 0 Å². The molecule has 2 N–H and O–H groups in total. The van der Waals surface area contributed by atoms with Gasteiger partial charge in [0, 0.05) is 15.7 Å². The number of amides is 1. The number of aliphatic carboxylic acids is 1. The van der Waals surface area contributed by atoms with Crippen LogP contribution in [0.2, 0.25) is 5.02 Å². The highest BCUT2D eigenvalue weighted by atomic mass is 35.5. The molecule has 0 radical (unpaired) electrons. The van der Waals surface area contributed by atoms with Crippen molar-refractivity contribution in [3.63, 3.8) is 0 Å². The number of anilines is 1. The number of hydrogen-bond acceptors (Lipinski definition) is 4. The number of benzene rings is 1. The summed E-state index contributed by atoms with van der Waals surface area (Å²) < 4.78 is 5.18. The molecule has 0 heterocycles. The number of nitrogens with one attached hydrogen (secondary N) is 1. The third kappa shape index (κ3) is 7.24. The minimum absolute atomic E-state index is 0.0308. The van der Waals surface area contributed by atoms with E-state index in [4.69, 9.17) is 21.4 Å². The van der Waals surface area contributed by atoms with Gasteiger partial charge >= 0.3 is 12.1 Å². The van der Waals surface area contributed by atoms with E-state index in [1.165, 1.54) is 11.8 Å². The number of carboxylic acids is 1. The predicted octanol–water partition coefficient (Wildman–Crippen LogP) is 4.25. The minimum atomic E-state index is -0.869. The van der Waals surface area contributed by atoms with Crippen LogP contribution in [-0.2, 0) is 9.53 Å². The third-order valence-corrected chi connectivity index (χ3v) is 3.44. The highest BCUT2D eigenvalue weighted by molar-refractivity contribution is 7.99. The van der Waals surface area contributed by atoms with Gasteiger partial charge in [-0.15, -0.1) is 11.8 Å². The summed E-state index contributed by atoms with van der Waals surface area (Å²) in [5, 5.41) is 11.8. The van der Waals surface area contributed by atoms with Crippen LogP contribution in [0.4, 0.5) is 10.5 Å². The maximum Gasteiger partial charge on any atom is 0.412 e. The van der Waals surface area contributed by atoms with E-state index in [-0.39, 0.29) is 6.42 Å². The lowest BCUT2D eigenvalue weighted by molar-refractivity contribution is -0.136. The maximum atomic E-state index is 11.8. The van der Waals surface area contributed by atoms with E-state index < -0.39 is 17.7 Å². The van der Waals surface area contributed by atoms with Crippen LogP contribution in [0, 0.1) is 0 Å². The normalized spacial score (nSPS) is 11.0. The Labute approximate surface area is 133 Å². The van der Waals surface area contributed by atoms with Gasteiger partial charge < -0.3 is 9.84 Å². The molecule has 0 saturated carbocycles. The Morgan fingerprint density at radius 3 is 2.62 bits per heavy atom. The fraction of sp³-hybridized carbons (Fsp3) is 0.429. The second-order valence-electron chi connectivity index (χ2n) is 5.26. The number of halogens is 1. The van der Waals surface area contributed by atoms with Crippen molar-refractivity contribution in [3.05, 3.63) is 23.2 Å². The van der Waals surface area contributed by atoms with Gasteiger partial charge in [0.2, 0.25) is 0 Å². The van der Waals surface area contributed by atoms with Crippen molar-refractivity contribution in [2.75, 3.05) is 11.1 Å². The van der Waals surface area contributed by atoms with Crippen molar-refractivity contribution in [1.29, 1.82) is 0 Å². The molecule has 1 aromatic carbocycles. The fourth-order valence-electron chi connectivity index (χ4n) is 1.38. The molecular formula is C14H18ClNO4S. The first-order valence-electron chi connectivity index (χ1n) is 6.31. The molecule has 7 heteroatoms. The van der Waals surface area contributed by atoms with E-state index in [2.05, 4.69) is 5.32 Å². The summed E-state index contributed by atoms with van der Waals surface area (Å²) in [4.78, 5) is 23.0. The van der Waals surface area contributed by atoms with Crippen LogP contribution in [0.15, 0.2) is 23.1 Å². The third-order valence-electron chi connectivity index (χ3n) is 2.15. The van der Waals surface area contributed by atoms with Gasteiger partial charge in [0.05, 0.1) is 12.1 Å². The van der Waals surface area contributed by atoms with Gasteiger partial charge in [0.25, 0.3) is 0 Å². The molecule has 0 bridgehead atoms. The van der Waals surface area contributed by atoms with Crippen LogP contribution in [0.3, 0.4) is 0 Å². The predicted molar refractivity (Wildman–Crippen MR) is 84.3 cm³/mol. The molecule has 0 aliphatic heterocycles. The lowest BCUT2D eigenvalue weighted by Gasteiger charge is -2.20. The van der Waals surface area contributed by atoms with E-state index in [1.807, 2.05) is 0 Å². The number of ether oxygens (including phenoxy) is 1. The van der Waals surface area contributed by atoms with Gasteiger partial charge in [-0.2, -0.15) is 0 Å². The molecule has 0 spiro atoms. The minimum Gasteiger partial charge on any atom is -0.481 e. The van der Waals surface area contributed by atoms with Gasteiger partial charge in [-0.1, -0.05) is 11.6 Å². The number of carbonyl (C=O) groups excluding carboxylic acids is 1. The molecule has 0 atom stereocenters. The van der Waals surface area contributed by atoms with E-state index in [0.717, 1.165) is 0 Å². The van der Waals surface area contributed by atoms with Crippen molar-refractivity contribution < 1.29 is 19.4 Å². The Bertz CT molecular complexity index is 528. The Balaban J connectivity index is 2.76. The average Bonchev–Trinajstić information content (AvgIpc) is 2.29. The van der Waals surface area contributed by atoms with Gasteiger partial charge in [0.15, 0.2) is 0 Å². The number of thioether (sulfide) groups is 1. The zero-order valence-electron chi connectivity index (χ0n) is 12.1. The van der Waals surface area contributed by atoms with Crippen molar-refractivity contribution >= 4 is 41.1 Å². The van der Waals surface area contributed by atoms with Crippen molar-refractivity contribution in [2.45, 2.75) is 37.7 Å². The van der Waals surface area contributed by atoms with Crippen molar-refractivity contribution in [1.82, 2.24) is 0 Å². The molecule has 1 amide bonds. The molecule has 0 aromatic heterocycles. The van der Waals surface area contributed by atoms with Crippen LogP contribution >= 0.6 is 23.4 Å². The van der Waals surface area contributed by atoms with Crippen molar-refractivity contribution in [2.24, 2.45) is 0 Å². The first-order chi connectivity index (χ1) is 9.67. The Morgan fingerprint density at radius 1 is 1.38 bits per heavy atom. The maximum absolute atomic E-state index is 11.8. The Morgan fingerprint density at radius 2 is 2.05 bits per heavy atom. The summed E-state index contributed by atoms with van der Waals surface area (Å²) in [6, 6.07) is 4.99. The molecule has 0 fully saturated rings. The number of carboxylic acid groups (broad SMARTS) is 1. The summed E-state index contributed by atoms with van der Waals surface area (Å²) in [5.41, 5.74) is -0.0448. The first kappa shape index (κ1) is 17.7. The molecular weight excluding hydrogens is 314 g/mol. The van der Waals surface area contributed by atoms with Crippen LogP contribution < -0.4 is 5.32 Å². The molecule has 0 aliphatic rings. The first-order valence-corrected chi connectivity index (χ1v) is 7.68. The summed E-state index contributed by atoms with van der Waals surface area (Å²) in [7, 11) is 0. The van der Waals surface area contributed by atoms with Crippen LogP contribution in [0.1, 0.15) is 27.2 Å². The lowest BCUT2D eigenvalue weighted by Crippen LogP contribution is -2.27. The zero-order chi connectivity index (χ0) is 16.0. The lowest BCUT2D eigenvalue weighted by atomic mass is 10.2. The topological polar surface area (TPSA) is 75.6 Å². The van der Waals surface area contributed by atoms with E-state index in [1.54, 1.807) is 39.0 Å². The molecule has 0 aliphatic carbocycles. The SMILES string of the molecule is CC(C)(C)OC(=O)Nc1ccc(Cl)cc1SCCC(=O)O. The second-order valence-corrected chi connectivity index (χ2v) is 6.83. The number of rotatable bonds is 5. The molecule has 1 rings (SSSR count). The molecule has 21 heavy (non-hydrogen) atoms. The van der Waals surface area contributed by atoms with E-state index >= 15 is 0 Å². The largest absolute Gasteiger partial charge is 0.481 e. The monoisotopic (exact) mass is 331 g/mol. The Hall–Kier alpha value is -1.40. The molecule has 0 unspecified atom stereocenters. The molecule has 1 aromatic rings. The highest BCUT2D eigenvalue weighted by Crippen LogP contribution is 2.31. The molecule has 116 valence electrons. The quantitative estimate of drug-likeness (QED) is 0.789. The van der Waals surface area contributed by atoms with Gasteiger partial charge in [-0.05, 0) is 39.0 Å². The van der Waals surface area contributed by atoms with Gasteiger partial charge in [-0.25, -0.2) is 4.79 Å². The Kier molecular flexibility index (Phi) is 6.36. The highest BCUT2D eigenvalue weighted by Gasteiger charge is 2.17. The molecule has 0 saturated heterocycles. The second kappa shape index (κ2) is 7.56. The summed E-state index contributed by atoms with van der Waals surface area (Å²) in [6.07, 6.45) is -0.534. The van der Waals surface area contributed by atoms with Gasteiger partial charge in [-0.3, -0.25) is 10.1 Å². The van der Waals surface area contributed by atoms with Gasteiger partial charge in [0.1, 0.15) is 5.60 Å². The smallest absolute Gasteiger partial charge is 0.412 e. The summed E-state index contributed by atoms with van der Waals surface area (Å²) >= 11 is 7.24. The fourth-order valence-corrected chi connectivity index (χ4v) is 2.60. The van der Waals surface area contributed by atoms with Crippen LogP contribution in [-0.4, -0.2) is 28.5 Å². The van der Waals surface area contributed by atoms with Crippen LogP contribution in [0.25, 0.3) is 0 Å². The van der Waals surface area contributed by atoms with E-state index in [9.17, 15) is 9.59 Å². The number of carbonyl (C=O) groups is 2. The summed E-state index contributed by atoms with van der Waals surface area (Å²) in [6.45, 7) is 5.32. The zero-order valence-corrected chi connectivity index (χ0v) is 13.7. The van der Waals surface area contributed by atoms with E-state index in [0.29, 0.717) is 21.4 Å². The number of hydrogen-bond donors (Lipinski definition) is 2. The average molecular weight is 332 g/mol. The standard InChI is InChI=1S/C14H18ClNO4S/c1-14(2,3)20-13(19)16-10-5-4-9(15)8-11(10)21-7-6-12(17)18/h4-5,8H,6-7H2,1-3H3,(H,16,19)(H,17,18). The molecule has 5 nitrogen and oxygen atoms in total. The summed E-state index contributed by atoms with van der Waals surface area (Å²) in [5.74, 6) is -0.482.